The van der Waals surface area contributed by atoms with Crippen molar-refractivity contribution in [3.8, 4) is 0 Å². The SMILES string of the molecule is [Li+].[O-]C12C=CC=CC1S2. The summed E-state index contributed by atoms with van der Waals surface area (Å²) in [5.74, 6) is 0. The van der Waals surface area contributed by atoms with Gasteiger partial charge in [-0.2, -0.15) is 11.8 Å². The van der Waals surface area contributed by atoms with E-state index in [0.717, 1.165) is 0 Å². The zero-order valence-electron chi connectivity index (χ0n) is 5.20. The van der Waals surface area contributed by atoms with Crippen molar-refractivity contribution in [2.24, 2.45) is 0 Å². The molecule has 2 atom stereocenters. The van der Waals surface area contributed by atoms with Crippen molar-refractivity contribution >= 4 is 11.8 Å². The maximum Gasteiger partial charge on any atom is 1.00 e. The van der Waals surface area contributed by atoms with E-state index in [1.54, 1.807) is 6.08 Å². The molecule has 1 aliphatic carbocycles. The van der Waals surface area contributed by atoms with Gasteiger partial charge in [-0.1, -0.05) is 24.3 Å². The van der Waals surface area contributed by atoms with Crippen LogP contribution in [0.4, 0.5) is 0 Å². The van der Waals surface area contributed by atoms with Gasteiger partial charge in [-0.15, -0.1) is 0 Å². The molecule has 0 bridgehead atoms. The van der Waals surface area contributed by atoms with Crippen molar-refractivity contribution in [3.05, 3.63) is 24.3 Å². The van der Waals surface area contributed by atoms with Crippen LogP contribution in [-0.4, -0.2) is 10.2 Å². The Morgan fingerprint density at radius 3 is 2.67 bits per heavy atom. The van der Waals surface area contributed by atoms with E-state index in [1.807, 2.05) is 18.2 Å². The molecule has 1 saturated heterocycles. The molecule has 0 aromatic rings. The van der Waals surface area contributed by atoms with E-state index in [2.05, 4.69) is 0 Å². The number of allylic oxidation sites excluding steroid dienone is 2. The Bertz CT molecular complexity index is 178. The van der Waals surface area contributed by atoms with Crippen molar-refractivity contribution in [2.45, 2.75) is 10.2 Å². The third-order valence-corrected chi connectivity index (χ3v) is 2.64. The van der Waals surface area contributed by atoms with Crippen LogP contribution in [0.2, 0.25) is 0 Å². The van der Waals surface area contributed by atoms with Gasteiger partial charge < -0.3 is 5.11 Å². The molecule has 0 aromatic carbocycles. The second kappa shape index (κ2) is 2.21. The fraction of sp³-hybridized carbons (Fsp3) is 0.333. The van der Waals surface area contributed by atoms with Crippen LogP contribution in [0.15, 0.2) is 24.3 Å². The van der Waals surface area contributed by atoms with Crippen molar-refractivity contribution in [1.82, 2.24) is 0 Å². The van der Waals surface area contributed by atoms with E-state index in [4.69, 9.17) is 0 Å². The minimum atomic E-state index is -0.755. The van der Waals surface area contributed by atoms with Gasteiger partial charge in [0.2, 0.25) is 0 Å². The summed E-state index contributed by atoms with van der Waals surface area (Å²) in [4.78, 5) is -0.755. The fourth-order valence-electron chi connectivity index (χ4n) is 0.827. The molecule has 2 unspecified atom stereocenters. The second-order valence-electron chi connectivity index (χ2n) is 2.00. The first-order valence-corrected chi connectivity index (χ1v) is 3.43. The summed E-state index contributed by atoms with van der Waals surface area (Å²) in [7, 11) is 0. The van der Waals surface area contributed by atoms with Gasteiger partial charge in [-0.25, -0.2) is 0 Å². The predicted octanol–water partition coefficient (Wildman–Crippen LogP) is -2.71. The Labute approximate surface area is 70.4 Å². The molecule has 1 aliphatic heterocycles. The fourth-order valence-corrected chi connectivity index (χ4v) is 1.64. The predicted molar refractivity (Wildman–Crippen MR) is 32.4 cm³/mol. The number of rotatable bonds is 0. The molecule has 2 rings (SSSR count). The normalized spacial score (nSPS) is 43.4. The van der Waals surface area contributed by atoms with E-state index in [9.17, 15) is 5.11 Å². The van der Waals surface area contributed by atoms with Crippen molar-refractivity contribution < 1.29 is 24.0 Å². The van der Waals surface area contributed by atoms with Gasteiger partial charge in [0.15, 0.2) is 0 Å². The van der Waals surface area contributed by atoms with E-state index in [-0.39, 0.29) is 24.1 Å². The van der Waals surface area contributed by atoms with Crippen molar-refractivity contribution in [2.75, 3.05) is 0 Å². The minimum absolute atomic E-state index is 0. The molecule has 3 heteroatoms. The second-order valence-corrected chi connectivity index (χ2v) is 3.39. The van der Waals surface area contributed by atoms with Crippen LogP contribution in [0.25, 0.3) is 0 Å². The summed E-state index contributed by atoms with van der Waals surface area (Å²) in [5, 5.41) is 11.3. The van der Waals surface area contributed by atoms with E-state index >= 15 is 0 Å². The van der Waals surface area contributed by atoms with Crippen LogP contribution < -0.4 is 24.0 Å². The Kier molecular flexibility index (Phi) is 1.84. The molecular formula is C6H5LiOS. The van der Waals surface area contributed by atoms with Crippen LogP contribution in [0, 0.1) is 0 Å². The van der Waals surface area contributed by atoms with Gasteiger partial charge in [-0.3, -0.25) is 0 Å². The molecular weight excluding hydrogens is 127 g/mol. The smallest absolute Gasteiger partial charge is 0.837 e. The average Bonchev–Trinajstić information content (AvgIpc) is 2.39. The molecule has 1 heterocycles. The summed E-state index contributed by atoms with van der Waals surface area (Å²) in [6.45, 7) is 0. The molecule has 0 N–H and O–H groups in total. The third-order valence-electron chi connectivity index (χ3n) is 1.38. The topological polar surface area (TPSA) is 23.1 Å². The van der Waals surface area contributed by atoms with Crippen LogP contribution in [0.1, 0.15) is 0 Å². The first kappa shape index (κ1) is 7.49. The monoisotopic (exact) mass is 132 g/mol. The van der Waals surface area contributed by atoms with Gasteiger partial charge in [0.1, 0.15) is 0 Å². The van der Waals surface area contributed by atoms with Gasteiger partial charge in [-0.05, 0) is 4.93 Å². The van der Waals surface area contributed by atoms with Crippen LogP contribution in [-0.2, 0) is 0 Å². The van der Waals surface area contributed by atoms with Gasteiger partial charge in [0, 0.05) is 5.25 Å². The Morgan fingerprint density at radius 2 is 2.22 bits per heavy atom. The van der Waals surface area contributed by atoms with Crippen LogP contribution in [0.3, 0.4) is 0 Å². The average molecular weight is 132 g/mol. The first-order valence-electron chi connectivity index (χ1n) is 2.55. The zero-order valence-corrected chi connectivity index (χ0v) is 6.02. The summed E-state index contributed by atoms with van der Waals surface area (Å²) >= 11 is 1.47. The molecule has 0 spiro atoms. The molecule has 0 aromatic heterocycles. The number of hydrogen-bond acceptors (Lipinski definition) is 2. The third kappa shape index (κ3) is 1.13. The van der Waals surface area contributed by atoms with E-state index < -0.39 is 4.93 Å². The molecule has 9 heavy (non-hydrogen) atoms. The quantitative estimate of drug-likeness (QED) is 0.264. The van der Waals surface area contributed by atoms with Gasteiger partial charge in [0.05, 0.1) is 0 Å². The Balaban J connectivity index is 0.000000405. The molecule has 0 radical (unpaired) electrons. The van der Waals surface area contributed by atoms with Crippen molar-refractivity contribution in [3.63, 3.8) is 0 Å². The summed E-state index contributed by atoms with van der Waals surface area (Å²) in [6.07, 6.45) is 7.43. The standard InChI is InChI=1S/C6H5OS.Li/c7-6-4-2-1-3-5(6)8-6;/h1-5H;/q-1;+1. The van der Waals surface area contributed by atoms with Crippen LogP contribution >= 0.6 is 11.8 Å². The van der Waals surface area contributed by atoms with E-state index in [0.29, 0.717) is 0 Å². The van der Waals surface area contributed by atoms with Crippen molar-refractivity contribution in [1.29, 1.82) is 0 Å². The molecule has 0 saturated carbocycles. The Hall–Kier alpha value is 0.387. The number of fused-ring (bicyclic) bond motifs is 1. The maximum atomic E-state index is 11.0. The molecule has 42 valence electrons. The number of hydrogen-bond donors (Lipinski definition) is 0. The van der Waals surface area contributed by atoms with Crippen LogP contribution in [0.5, 0.6) is 0 Å². The first-order chi connectivity index (χ1) is 3.81. The zero-order chi connectivity index (χ0) is 5.61. The molecule has 0 amide bonds. The number of thioether (sulfide) groups is 1. The summed E-state index contributed by atoms with van der Waals surface area (Å²) in [6, 6.07) is 0. The van der Waals surface area contributed by atoms with E-state index in [1.165, 1.54) is 11.8 Å². The minimum Gasteiger partial charge on any atom is -0.837 e. The molecule has 1 nitrogen and oxygen atoms in total. The Morgan fingerprint density at radius 1 is 1.44 bits per heavy atom. The summed E-state index contributed by atoms with van der Waals surface area (Å²) < 4.78 is 0. The maximum absolute atomic E-state index is 11.0. The molecule has 2 aliphatic rings. The largest absolute Gasteiger partial charge is 1.00 e. The summed E-state index contributed by atoms with van der Waals surface area (Å²) in [5.41, 5.74) is 0. The van der Waals surface area contributed by atoms with Gasteiger partial charge in [0.25, 0.3) is 0 Å². The molecule has 1 fully saturated rings. The van der Waals surface area contributed by atoms with Gasteiger partial charge >= 0.3 is 18.9 Å².